The van der Waals surface area contributed by atoms with Crippen molar-refractivity contribution in [2.24, 2.45) is 11.3 Å². The molecule has 12 heavy (non-hydrogen) atoms. The third-order valence-corrected chi connectivity index (χ3v) is 3.36. The van der Waals surface area contributed by atoms with Gasteiger partial charge in [-0.05, 0) is 19.3 Å². The SMILES string of the molecule is CCC1COC(=O)C1(CC)CC. The molecule has 0 saturated carbocycles. The second-order valence-corrected chi connectivity index (χ2v) is 3.57. The summed E-state index contributed by atoms with van der Waals surface area (Å²) < 4.78 is 5.12. The fourth-order valence-electron chi connectivity index (χ4n) is 2.27. The topological polar surface area (TPSA) is 26.3 Å². The van der Waals surface area contributed by atoms with E-state index in [2.05, 4.69) is 20.8 Å². The number of esters is 1. The van der Waals surface area contributed by atoms with Gasteiger partial charge in [0.2, 0.25) is 0 Å². The van der Waals surface area contributed by atoms with Crippen molar-refractivity contribution >= 4 is 5.97 Å². The van der Waals surface area contributed by atoms with Crippen LogP contribution in [0.25, 0.3) is 0 Å². The molecule has 0 aromatic heterocycles. The summed E-state index contributed by atoms with van der Waals surface area (Å²) in [6.45, 7) is 6.93. The average molecular weight is 170 g/mol. The third kappa shape index (κ3) is 1.13. The van der Waals surface area contributed by atoms with Crippen LogP contribution in [0, 0.1) is 11.3 Å². The maximum absolute atomic E-state index is 11.5. The number of cyclic esters (lactones) is 1. The molecule has 0 spiro atoms. The quantitative estimate of drug-likeness (QED) is 0.608. The van der Waals surface area contributed by atoms with Crippen LogP contribution in [-0.2, 0) is 9.53 Å². The van der Waals surface area contributed by atoms with Gasteiger partial charge in [0, 0.05) is 5.92 Å². The minimum atomic E-state index is -0.158. The molecule has 70 valence electrons. The first-order chi connectivity index (χ1) is 5.71. The molecule has 1 heterocycles. The lowest BCUT2D eigenvalue weighted by Crippen LogP contribution is -2.31. The Kier molecular flexibility index (Phi) is 2.76. The molecule has 0 aromatic carbocycles. The van der Waals surface area contributed by atoms with Crippen molar-refractivity contribution in [2.45, 2.75) is 40.0 Å². The highest BCUT2D eigenvalue weighted by atomic mass is 16.5. The fourth-order valence-corrected chi connectivity index (χ4v) is 2.27. The highest BCUT2D eigenvalue weighted by Crippen LogP contribution is 2.43. The van der Waals surface area contributed by atoms with E-state index in [1.165, 1.54) is 0 Å². The van der Waals surface area contributed by atoms with E-state index in [-0.39, 0.29) is 11.4 Å². The maximum atomic E-state index is 11.5. The second-order valence-electron chi connectivity index (χ2n) is 3.57. The van der Waals surface area contributed by atoms with Gasteiger partial charge in [0.15, 0.2) is 0 Å². The van der Waals surface area contributed by atoms with Gasteiger partial charge in [-0.3, -0.25) is 4.79 Å². The third-order valence-electron chi connectivity index (χ3n) is 3.36. The van der Waals surface area contributed by atoms with Gasteiger partial charge < -0.3 is 4.74 Å². The van der Waals surface area contributed by atoms with Crippen molar-refractivity contribution in [3.8, 4) is 0 Å². The number of rotatable bonds is 3. The number of hydrogen-bond acceptors (Lipinski definition) is 2. The minimum absolute atomic E-state index is 0.0272. The molecule has 0 amide bonds. The summed E-state index contributed by atoms with van der Waals surface area (Å²) in [7, 11) is 0. The first-order valence-corrected chi connectivity index (χ1v) is 4.88. The maximum Gasteiger partial charge on any atom is 0.312 e. The molecule has 1 rings (SSSR count). The summed E-state index contributed by atoms with van der Waals surface area (Å²) in [5.74, 6) is 0.472. The van der Waals surface area contributed by atoms with Crippen LogP contribution in [-0.4, -0.2) is 12.6 Å². The van der Waals surface area contributed by atoms with Crippen molar-refractivity contribution in [2.75, 3.05) is 6.61 Å². The van der Waals surface area contributed by atoms with Gasteiger partial charge >= 0.3 is 5.97 Å². The van der Waals surface area contributed by atoms with E-state index in [1.54, 1.807) is 0 Å². The molecular weight excluding hydrogens is 152 g/mol. The Morgan fingerprint density at radius 3 is 2.33 bits per heavy atom. The molecule has 2 heteroatoms. The number of hydrogen-bond donors (Lipinski definition) is 0. The van der Waals surface area contributed by atoms with Crippen LogP contribution in [0.5, 0.6) is 0 Å². The Morgan fingerprint density at radius 2 is 2.00 bits per heavy atom. The van der Waals surface area contributed by atoms with Crippen molar-refractivity contribution < 1.29 is 9.53 Å². The summed E-state index contributed by atoms with van der Waals surface area (Å²) in [5, 5.41) is 0. The Hall–Kier alpha value is -0.530. The van der Waals surface area contributed by atoms with Gasteiger partial charge in [-0.15, -0.1) is 0 Å². The normalized spacial score (nSPS) is 27.2. The minimum Gasteiger partial charge on any atom is -0.465 e. The second kappa shape index (κ2) is 3.46. The predicted molar refractivity (Wildman–Crippen MR) is 47.8 cm³/mol. The lowest BCUT2D eigenvalue weighted by atomic mass is 9.72. The van der Waals surface area contributed by atoms with E-state index in [4.69, 9.17) is 4.74 Å². The standard InChI is InChI=1S/C10H18O2/c1-4-8-7-12-9(11)10(8,5-2)6-3/h8H,4-7H2,1-3H3. The first kappa shape index (κ1) is 9.56. The van der Waals surface area contributed by atoms with E-state index in [0.717, 1.165) is 19.3 Å². The largest absolute Gasteiger partial charge is 0.465 e. The van der Waals surface area contributed by atoms with Crippen LogP contribution in [0.15, 0.2) is 0 Å². The molecule has 0 aliphatic carbocycles. The first-order valence-electron chi connectivity index (χ1n) is 4.88. The Morgan fingerprint density at radius 1 is 1.42 bits per heavy atom. The monoisotopic (exact) mass is 170 g/mol. The average Bonchev–Trinajstić information content (AvgIpc) is 2.42. The van der Waals surface area contributed by atoms with E-state index in [9.17, 15) is 4.79 Å². The highest BCUT2D eigenvalue weighted by molar-refractivity contribution is 5.79. The molecule has 0 radical (unpaired) electrons. The smallest absolute Gasteiger partial charge is 0.312 e. The number of ether oxygens (including phenoxy) is 1. The molecule has 0 N–H and O–H groups in total. The molecule has 1 atom stereocenters. The van der Waals surface area contributed by atoms with E-state index >= 15 is 0 Å². The summed E-state index contributed by atoms with van der Waals surface area (Å²) in [4.78, 5) is 11.5. The van der Waals surface area contributed by atoms with Crippen LogP contribution in [0.1, 0.15) is 40.0 Å². The predicted octanol–water partition coefficient (Wildman–Crippen LogP) is 2.38. The zero-order chi connectivity index (χ0) is 9.19. The van der Waals surface area contributed by atoms with Crippen molar-refractivity contribution in [3.05, 3.63) is 0 Å². The molecule has 1 saturated heterocycles. The van der Waals surface area contributed by atoms with Crippen LogP contribution in [0.2, 0.25) is 0 Å². The van der Waals surface area contributed by atoms with Crippen molar-refractivity contribution in [1.82, 2.24) is 0 Å². The Balaban J connectivity index is 2.86. The molecule has 2 nitrogen and oxygen atoms in total. The molecule has 0 aromatic rings. The summed E-state index contributed by atoms with van der Waals surface area (Å²) in [6.07, 6.45) is 2.88. The fraction of sp³-hybridized carbons (Fsp3) is 0.900. The zero-order valence-electron chi connectivity index (χ0n) is 8.22. The Bertz CT molecular complexity index is 171. The summed E-state index contributed by atoms with van der Waals surface area (Å²) >= 11 is 0. The lowest BCUT2D eigenvalue weighted by molar-refractivity contribution is -0.147. The highest BCUT2D eigenvalue weighted by Gasteiger charge is 2.48. The lowest BCUT2D eigenvalue weighted by Gasteiger charge is -2.27. The summed E-state index contributed by atoms with van der Waals surface area (Å²) in [6, 6.07) is 0. The number of carbonyl (C=O) groups excluding carboxylic acids is 1. The molecule has 1 aliphatic rings. The van der Waals surface area contributed by atoms with Gasteiger partial charge in [-0.25, -0.2) is 0 Å². The van der Waals surface area contributed by atoms with Crippen molar-refractivity contribution in [1.29, 1.82) is 0 Å². The van der Waals surface area contributed by atoms with Gasteiger partial charge in [0.25, 0.3) is 0 Å². The van der Waals surface area contributed by atoms with Gasteiger partial charge in [-0.1, -0.05) is 20.8 Å². The molecule has 1 aliphatic heterocycles. The van der Waals surface area contributed by atoms with E-state index < -0.39 is 0 Å². The van der Waals surface area contributed by atoms with E-state index in [0.29, 0.717) is 12.5 Å². The molecule has 1 unspecified atom stereocenters. The molecular formula is C10H18O2. The van der Waals surface area contributed by atoms with Crippen LogP contribution in [0.3, 0.4) is 0 Å². The van der Waals surface area contributed by atoms with Crippen LogP contribution in [0.4, 0.5) is 0 Å². The number of carbonyl (C=O) groups is 1. The van der Waals surface area contributed by atoms with Crippen LogP contribution < -0.4 is 0 Å². The van der Waals surface area contributed by atoms with Gasteiger partial charge in [0.05, 0.1) is 12.0 Å². The molecule has 0 bridgehead atoms. The van der Waals surface area contributed by atoms with Crippen LogP contribution >= 0.6 is 0 Å². The van der Waals surface area contributed by atoms with Gasteiger partial charge in [-0.2, -0.15) is 0 Å². The van der Waals surface area contributed by atoms with Crippen molar-refractivity contribution in [3.63, 3.8) is 0 Å². The van der Waals surface area contributed by atoms with E-state index in [1.807, 2.05) is 0 Å². The Labute approximate surface area is 74.3 Å². The molecule has 1 fully saturated rings. The summed E-state index contributed by atoms with van der Waals surface area (Å²) in [5.41, 5.74) is -0.158. The van der Waals surface area contributed by atoms with Gasteiger partial charge in [0.1, 0.15) is 0 Å². The zero-order valence-corrected chi connectivity index (χ0v) is 8.22.